The van der Waals surface area contributed by atoms with Gasteiger partial charge in [0.05, 0.1) is 11.4 Å². The minimum absolute atomic E-state index is 0.0563. The van der Waals surface area contributed by atoms with Gasteiger partial charge in [0.1, 0.15) is 5.69 Å². The van der Waals surface area contributed by atoms with Crippen LogP contribution in [0, 0.1) is 0 Å². The number of anilines is 3. The van der Waals surface area contributed by atoms with E-state index in [1.54, 1.807) is 0 Å². The molecule has 0 aliphatic carbocycles. The zero-order chi connectivity index (χ0) is 11.9. The predicted octanol–water partition coefficient (Wildman–Crippen LogP) is 0.299. The van der Waals surface area contributed by atoms with Gasteiger partial charge in [0.25, 0.3) is 0 Å². The smallest absolute Gasteiger partial charge is 0.395 e. The summed E-state index contributed by atoms with van der Waals surface area (Å²) in [5.41, 5.74) is 12.2. The molecule has 0 radical (unpaired) electrons. The van der Waals surface area contributed by atoms with Gasteiger partial charge in [-0.2, -0.15) is 0 Å². The SMILES string of the molecule is CCNc1cc(N)c2c(c1N)OS(=O)(=O)O2. The molecule has 7 nitrogen and oxygen atoms in total. The largest absolute Gasteiger partial charge is 0.501 e. The zero-order valence-electron chi connectivity index (χ0n) is 8.48. The monoisotopic (exact) mass is 245 g/mol. The number of hydrogen-bond acceptors (Lipinski definition) is 7. The lowest BCUT2D eigenvalue weighted by molar-refractivity contribution is 0.437. The normalized spacial score (nSPS) is 16.1. The third kappa shape index (κ3) is 1.56. The maximum Gasteiger partial charge on any atom is 0.501 e. The van der Waals surface area contributed by atoms with Gasteiger partial charge in [-0.15, -0.1) is 8.42 Å². The van der Waals surface area contributed by atoms with Gasteiger partial charge in [0, 0.05) is 6.54 Å². The Kier molecular flexibility index (Phi) is 2.23. The van der Waals surface area contributed by atoms with Gasteiger partial charge < -0.3 is 25.2 Å². The van der Waals surface area contributed by atoms with E-state index in [4.69, 9.17) is 11.5 Å². The first kappa shape index (κ1) is 10.7. The molecule has 0 aromatic heterocycles. The van der Waals surface area contributed by atoms with Crippen molar-refractivity contribution < 1.29 is 16.8 Å². The van der Waals surface area contributed by atoms with E-state index >= 15 is 0 Å². The maximum absolute atomic E-state index is 11.1. The molecule has 1 aliphatic rings. The number of nitrogens with two attached hydrogens (primary N) is 2. The molecule has 0 fully saturated rings. The lowest BCUT2D eigenvalue weighted by Crippen LogP contribution is -2.08. The van der Waals surface area contributed by atoms with Crippen molar-refractivity contribution in [2.75, 3.05) is 23.3 Å². The van der Waals surface area contributed by atoms with Crippen LogP contribution in [0.25, 0.3) is 0 Å². The Balaban J connectivity index is 2.59. The predicted molar refractivity (Wildman–Crippen MR) is 59.6 cm³/mol. The van der Waals surface area contributed by atoms with E-state index in [1.165, 1.54) is 6.07 Å². The van der Waals surface area contributed by atoms with E-state index in [0.29, 0.717) is 12.2 Å². The van der Waals surface area contributed by atoms with Gasteiger partial charge in [0.2, 0.25) is 11.5 Å². The number of benzene rings is 1. The van der Waals surface area contributed by atoms with Gasteiger partial charge >= 0.3 is 10.4 Å². The topological polar surface area (TPSA) is 117 Å². The third-order valence-electron chi connectivity index (χ3n) is 2.04. The van der Waals surface area contributed by atoms with Gasteiger partial charge in [-0.1, -0.05) is 0 Å². The first-order valence-electron chi connectivity index (χ1n) is 4.54. The van der Waals surface area contributed by atoms with Crippen molar-refractivity contribution in [2.24, 2.45) is 0 Å². The average Bonchev–Trinajstić information content (AvgIpc) is 2.51. The fourth-order valence-electron chi connectivity index (χ4n) is 1.40. The second kappa shape index (κ2) is 3.34. The average molecular weight is 245 g/mol. The number of hydrogen-bond donors (Lipinski definition) is 3. The lowest BCUT2D eigenvalue weighted by Gasteiger charge is -2.09. The second-order valence-electron chi connectivity index (χ2n) is 3.19. The molecule has 16 heavy (non-hydrogen) atoms. The van der Waals surface area contributed by atoms with Crippen LogP contribution in [0.4, 0.5) is 17.1 Å². The Morgan fingerprint density at radius 3 is 2.56 bits per heavy atom. The highest BCUT2D eigenvalue weighted by Gasteiger charge is 2.33. The summed E-state index contributed by atoms with van der Waals surface area (Å²) < 4.78 is 31.3. The zero-order valence-corrected chi connectivity index (χ0v) is 9.30. The fraction of sp³-hybridized carbons (Fsp3) is 0.250. The first-order chi connectivity index (χ1) is 7.44. The summed E-state index contributed by atoms with van der Waals surface area (Å²) in [5, 5.41) is 2.94. The minimum atomic E-state index is -4.07. The van der Waals surface area contributed by atoms with Gasteiger partial charge in [-0.25, -0.2) is 0 Å². The molecular weight excluding hydrogens is 234 g/mol. The summed E-state index contributed by atoms with van der Waals surface area (Å²) in [6.07, 6.45) is 0. The third-order valence-corrected chi connectivity index (χ3v) is 2.78. The molecule has 0 saturated heterocycles. The van der Waals surface area contributed by atoms with E-state index in [0.717, 1.165) is 0 Å². The summed E-state index contributed by atoms with van der Waals surface area (Å²) in [5.74, 6) is -0.116. The van der Waals surface area contributed by atoms with Crippen LogP contribution in [0.5, 0.6) is 11.5 Å². The summed E-state index contributed by atoms with van der Waals surface area (Å²) in [6, 6.07) is 1.50. The van der Waals surface area contributed by atoms with Crippen molar-refractivity contribution in [3.05, 3.63) is 6.07 Å². The molecule has 1 aliphatic heterocycles. The van der Waals surface area contributed by atoms with Crippen molar-refractivity contribution in [2.45, 2.75) is 6.92 Å². The molecule has 1 aromatic carbocycles. The van der Waals surface area contributed by atoms with Crippen LogP contribution >= 0.6 is 0 Å². The van der Waals surface area contributed by atoms with Crippen molar-refractivity contribution >= 4 is 27.5 Å². The highest BCUT2D eigenvalue weighted by atomic mass is 32.3. The van der Waals surface area contributed by atoms with E-state index in [1.807, 2.05) is 6.92 Å². The van der Waals surface area contributed by atoms with E-state index in [2.05, 4.69) is 13.7 Å². The Hall–Kier alpha value is -1.83. The highest BCUT2D eigenvalue weighted by molar-refractivity contribution is 7.82. The number of nitrogen functional groups attached to an aromatic ring is 2. The quantitative estimate of drug-likeness (QED) is 0.641. The molecule has 1 heterocycles. The van der Waals surface area contributed by atoms with Crippen LogP contribution in [0.3, 0.4) is 0 Å². The van der Waals surface area contributed by atoms with Crippen LogP contribution in [0.15, 0.2) is 6.07 Å². The number of nitrogens with one attached hydrogen (secondary N) is 1. The van der Waals surface area contributed by atoms with E-state index in [-0.39, 0.29) is 22.9 Å². The highest BCUT2D eigenvalue weighted by Crippen LogP contribution is 2.48. The van der Waals surface area contributed by atoms with Crippen LogP contribution < -0.4 is 25.2 Å². The van der Waals surface area contributed by atoms with Crippen LogP contribution in [-0.2, 0) is 10.4 Å². The lowest BCUT2D eigenvalue weighted by atomic mass is 10.2. The number of fused-ring (bicyclic) bond motifs is 1. The molecule has 8 heteroatoms. The summed E-state index contributed by atoms with van der Waals surface area (Å²) in [4.78, 5) is 0. The van der Waals surface area contributed by atoms with Crippen LogP contribution in [0.2, 0.25) is 0 Å². The van der Waals surface area contributed by atoms with Gasteiger partial charge in [-0.3, -0.25) is 0 Å². The summed E-state index contributed by atoms with van der Waals surface area (Å²) >= 11 is 0. The molecule has 0 atom stereocenters. The molecule has 0 saturated carbocycles. The van der Waals surface area contributed by atoms with Crippen molar-refractivity contribution in [1.29, 1.82) is 0 Å². The molecule has 1 aromatic rings. The number of rotatable bonds is 2. The standard InChI is InChI=1S/C8H11N3O4S/c1-2-11-5-3-4(9)7-8(6(5)10)15-16(12,13)14-7/h3,11H,2,9-10H2,1H3. The van der Waals surface area contributed by atoms with Gasteiger partial charge in [-0.05, 0) is 13.0 Å². The van der Waals surface area contributed by atoms with Crippen molar-refractivity contribution in [1.82, 2.24) is 0 Å². The van der Waals surface area contributed by atoms with Crippen molar-refractivity contribution in [3.8, 4) is 11.5 Å². The Labute approximate surface area is 92.7 Å². The Morgan fingerprint density at radius 1 is 1.31 bits per heavy atom. The molecule has 0 bridgehead atoms. The van der Waals surface area contributed by atoms with Crippen molar-refractivity contribution in [3.63, 3.8) is 0 Å². The minimum Gasteiger partial charge on any atom is -0.395 e. The van der Waals surface area contributed by atoms with E-state index in [9.17, 15) is 8.42 Å². The second-order valence-corrected chi connectivity index (χ2v) is 4.34. The molecule has 88 valence electrons. The van der Waals surface area contributed by atoms with E-state index < -0.39 is 10.4 Å². The maximum atomic E-state index is 11.1. The molecule has 0 unspecified atom stereocenters. The summed E-state index contributed by atoms with van der Waals surface area (Å²) in [7, 11) is -4.07. The molecule has 2 rings (SSSR count). The molecular formula is C8H11N3O4S. The molecule has 0 spiro atoms. The Bertz CT molecular complexity index is 541. The molecule has 5 N–H and O–H groups in total. The fourth-order valence-corrected chi connectivity index (χ4v) is 2.18. The molecule has 0 amide bonds. The first-order valence-corrected chi connectivity index (χ1v) is 5.87. The van der Waals surface area contributed by atoms with Crippen LogP contribution in [0.1, 0.15) is 6.92 Å². The van der Waals surface area contributed by atoms with Crippen LogP contribution in [-0.4, -0.2) is 15.0 Å². The van der Waals surface area contributed by atoms with Gasteiger partial charge in [0.15, 0.2) is 0 Å². The Morgan fingerprint density at radius 2 is 1.94 bits per heavy atom. The summed E-state index contributed by atoms with van der Waals surface area (Å²) in [6.45, 7) is 2.49.